The van der Waals surface area contributed by atoms with Crippen LogP contribution in [0.5, 0.6) is 0 Å². The molecule has 1 N–H and O–H groups in total. The van der Waals surface area contributed by atoms with Crippen LogP contribution in [0.2, 0.25) is 0 Å². The number of benzene rings is 3. The molecule has 210 valence electrons. The number of imide groups is 2. The second-order valence-corrected chi connectivity index (χ2v) is 12.9. The number of anilines is 1. The maximum atomic E-state index is 13.8. The minimum atomic E-state index is -0.712. The van der Waals surface area contributed by atoms with E-state index in [0.717, 1.165) is 44.7 Å². The first-order chi connectivity index (χ1) is 20.5. The van der Waals surface area contributed by atoms with Gasteiger partial charge >= 0.3 is 6.03 Å². The molecule has 4 bridgehead atoms. The maximum absolute atomic E-state index is 13.8. The summed E-state index contributed by atoms with van der Waals surface area (Å²) >= 11 is 0. The molecule has 4 saturated carbocycles. The standard InChI is InChI=1S/C36H33N3O3/c40-33-31(17-27-22-38(21-23-6-2-1-3-7-23)32-9-5-4-8-30(27)32)34(41)39(35(42)37-33)29-12-10-28(11-13-29)36-18-24-14-25(19-36)16-26(15-24)20-36/h1-13,17,22,24-26H,14-16,18-21H2,(H,37,40,42)/b31-17+. The molecule has 3 aromatic carbocycles. The smallest absolute Gasteiger partial charge is 0.335 e. The van der Waals surface area contributed by atoms with Gasteiger partial charge in [0.2, 0.25) is 0 Å². The Bertz CT molecular complexity index is 1730. The minimum absolute atomic E-state index is 0.0534. The lowest BCUT2D eigenvalue weighted by Gasteiger charge is -2.57. The summed E-state index contributed by atoms with van der Waals surface area (Å²) in [6, 6.07) is 25.4. The average molecular weight is 556 g/mol. The zero-order valence-corrected chi connectivity index (χ0v) is 23.5. The van der Waals surface area contributed by atoms with Gasteiger partial charge in [-0.3, -0.25) is 14.9 Å². The predicted molar refractivity (Wildman–Crippen MR) is 163 cm³/mol. The van der Waals surface area contributed by atoms with Gasteiger partial charge < -0.3 is 4.57 Å². The van der Waals surface area contributed by atoms with Gasteiger partial charge in [0.25, 0.3) is 11.8 Å². The van der Waals surface area contributed by atoms with Gasteiger partial charge in [0, 0.05) is 29.2 Å². The minimum Gasteiger partial charge on any atom is -0.342 e. The average Bonchev–Trinajstić information content (AvgIpc) is 3.32. The number of urea groups is 1. The predicted octanol–water partition coefficient (Wildman–Crippen LogP) is 6.82. The fourth-order valence-electron chi connectivity index (χ4n) is 8.78. The number of fused-ring (bicyclic) bond motifs is 1. The van der Waals surface area contributed by atoms with Gasteiger partial charge in [-0.1, -0.05) is 60.7 Å². The topological polar surface area (TPSA) is 71.4 Å². The van der Waals surface area contributed by atoms with Crippen molar-refractivity contribution in [2.75, 3.05) is 4.90 Å². The van der Waals surface area contributed by atoms with Crippen LogP contribution < -0.4 is 10.2 Å². The van der Waals surface area contributed by atoms with E-state index in [1.54, 1.807) is 6.08 Å². The first-order valence-electron chi connectivity index (χ1n) is 15.1. The molecule has 0 spiro atoms. The molecule has 4 aromatic rings. The Morgan fingerprint density at radius 2 is 1.43 bits per heavy atom. The third kappa shape index (κ3) is 4.12. The Labute approximate surface area is 245 Å². The van der Waals surface area contributed by atoms with E-state index in [4.69, 9.17) is 0 Å². The monoisotopic (exact) mass is 555 g/mol. The Morgan fingerprint density at radius 3 is 2.12 bits per heavy atom. The largest absolute Gasteiger partial charge is 0.342 e. The molecular weight excluding hydrogens is 522 g/mol. The van der Waals surface area contributed by atoms with E-state index in [0.29, 0.717) is 12.2 Å². The zero-order chi connectivity index (χ0) is 28.4. The second kappa shape index (κ2) is 9.55. The Balaban J connectivity index is 1.11. The summed E-state index contributed by atoms with van der Waals surface area (Å²) in [6.07, 6.45) is 11.5. The molecule has 42 heavy (non-hydrogen) atoms. The number of amides is 4. The van der Waals surface area contributed by atoms with Crippen molar-refractivity contribution < 1.29 is 14.4 Å². The van der Waals surface area contributed by atoms with E-state index >= 15 is 0 Å². The number of hydrogen-bond acceptors (Lipinski definition) is 3. The van der Waals surface area contributed by atoms with Crippen LogP contribution in [-0.2, 0) is 21.5 Å². The Morgan fingerprint density at radius 1 is 0.786 bits per heavy atom. The van der Waals surface area contributed by atoms with Crippen LogP contribution in [0.3, 0.4) is 0 Å². The van der Waals surface area contributed by atoms with Gasteiger partial charge in [-0.15, -0.1) is 0 Å². The molecular formula is C36H33N3O3. The third-order valence-electron chi connectivity index (χ3n) is 10.2. The molecule has 0 radical (unpaired) electrons. The van der Waals surface area contributed by atoms with Crippen molar-refractivity contribution in [2.45, 2.75) is 50.5 Å². The number of nitrogens with zero attached hydrogens (tertiary/aromatic N) is 2. The number of aromatic nitrogens is 1. The lowest BCUT2D eigenvalue weighted by molar-refractivity contribution is -0.122. The first-order valence-corrected chi connectivity index (χ1v) is 15.1. The Kier molecular flexibility index (Phi) is 5.75. The quantitative estimate of drug-likeness (QED) is 0.217. The van der Waals surface area contributed by atoms with Crippen molar-refractivity contribution in [3.05, 3.63) is 107 Å². The normalized spacial score (nSPS) is 27.7. The van der Waals surface area contributed by atoms with Crippen LogP contribution in [0.15, 0.2) is 90.6 Å². The number of barbiturate groups is 1. The first kappa shape index (κ1) is 25.3. The number of carbonyl (C=O) groups is 3. The summed E-state index contributed by atoms with van der Waals surface area (Å²) in [4.78, 5) is 40.8. The van der Waals surface area contributed by atoms with Crippen LogP contribution in [0.1, 0.15) is 55.2 Å². The highest BCUT2D eigenvalue weighted by molar-refractivity contribution is 6.39. The number of carbonyl (C=O) groups excluding carboxylic acids is 3. The molecule has 6 heteroatoms. The van der Waals surface area contributed by atoms with Crippen LogP contribution >= 0.6 is 0 Å². The summed E-state index contributed by atoms with van der Waals surface area (Å²) in [5.74, 6) is 1.23. The molecule has 4 aliphatic carbocycles. The van der Waals surface area contributed by atoms with Crippen LogP contribution in [-0.4, -0.2) is 22.4 Å². The summed E-state index contributed by atoms with van der Waals surface area (Å²) in [7, 11) is 0. The van der Waals surface area contributed by atoms with Crippen LogP contribution in [0.4, 0.5) is 10.5 Å². The van der Waals surface area contributed by atoms with Crippen molar-refractivity contribution >= 4 is 40.5 Å². The highest BCUT2D eigenvalue weighted by Gasteiger charge is 2.51. The molecule has 5 aliphatic rings. The SMILES string of the molecule is O=C1NC(=O)N(c2ccc(C34CC5CC(CC(C5)C3)C4)cc2)C(=O)/C1=C/c1cn(Cc2ccccc2)c2ccccc12. The van der Waals surface area contributed by atoms with E-state index in [2.05, 4.69) is 34.1 Å². The summed E-state index contributed by atoms with van der Waals surface area (Å²) in [5.41, 5.74) is 4.90. The lowest BCUT2D eigenvalue weighted by atomic mass is 9.48. The third-order valence-corrected chi connectivity index (χ3v) is 10.2. The van der Waals surface area contributed by atoms with E-state index in [1.807, 2.05) is 60.8 Å². The molecule has 5 fully saturated rings. The van der Waals surface area contributed by atoms with Gasteiger partial charge in [0.1, 0.15) is 5.57 Å². The van der Waals surface area contributed by atoms with Gasteiger partial charge in [0.15, 0.2) is 0 Å². The number of nitrogens with one attached hydrogen (secondary N) is 1. The molecule has 6 nitrogen and oxygen atoms in total. The summed E-state index contributed by atoms with van der Waals surface area (Å²) < 4.78 is 2.12. The summed E-state index contributed by atoms with van der Waals surface area (Å²) in [5, 5.41) is 3.33. The second-order valence-electron chi connectivity index (χ2n) is 12.9. The molecule has 9 rings (SSSR count). The zero-order valence-electron chi connectivity index (χ0n) is 23.5. The summed E-state index contributed by atoms with van der Waals surface area (Å²) in [6.45, 7) is 0.658. The molecule has 0 atom stereocenters. The maximum Gasteiger partial charge on any atom is 0.335 e. The van der Waals surface area contributed by atoms with Crippen molar-refractivity contribution in [3.8, 4) is 0 Å². The number of hydrogen-bond donors (Lipinski definition) is 1. The molecule has 1 aromatic heterocycles. The molecule has 2 heterocycles. The number of rotatable bonds is 5. The van der Waals surface area contributed by atoms with Crippen LogP contribution in [0, 0.1) is 17.8 Å². The van der Waals surface area contributed by atoms with Crippen LogP contribution in [0.25, 0.3) is 17.0 Å². The van der Waals surface area contributed by atoms with Crippen molar-refractivity contribution in [2.24, 2.45) is 17.8 Å². The fourth-order valence-corrected chi connectivity index (χ4v) is 8.78. The molecule has 1 aliphatic heterocycles. The van der Waals surface area contributed by atoms with Gasteiger partial charge in [0.05, 0.1) is 5.69 Å². The van der Waals surface area contributed by atoms with E-state index in [9.17, 15) is 14.4 Å². The lowest BCUT2D eigenvalue weighted by Crippen LogP contribution is -2.54. The highest BCUT2D eigenvalue weighted by atomic mass is 16.2. The van der Waals surface area contributed by atoms with Gasteiger partial charge in [-0.05, 0) is 97.1 Å². The molecule has 1 saturated heterocycles. The van der Waals surface area contributed by atoms with E-state index in [1.165, 1.54) is 44.1 Å². The molecule has 0 unspecified atom stereocenters. The fraction of sp³-hybridized carbons (Fsp3) is 0.306. The van der Waals surface area contributed by atoms with Crippen molar-refractivity contribution in [1.29, 1.82) is 0 Å². The highest BCUT2D eigenvalue weighted by Crippen LogP contribution is 2.60. The number of para-hydroxylation sites is 1. The van der Waals surface area contributed by atoms with E-state index < -0.39 is 17.8 Å². The van der Waals surface area contributed by atoms with Crippen molar-refractivity contribution in [1.82, 2.24) is 9.88 Å². The molecule has 4 amide bonds. The van der Waals surface area contributed by atoms with Crippen molar-refractivity contribution in [3.63, 3.8) is 0 Å². The van der Waals surface area contributed by atoms with Gasteiger partial charge in [-0.2, -0.15) is 0 Å². The Hall–Kier alpha value is -4.45. The van der Waals surface area contributed by atoms with E-state index in [-0.39, 0.29) is 11.0 Å². The van der Waals surface area contributed by atoms with Gasteiger partial charge in [-0.25, -0.2) is 9.69 Å².